The molecule has 2 rings (SSSR count). The SMILES string of the molecule is COc1ccc(OC)c(CCNC(=O)c2oc(C)nc2C)c1. The minimum Gasteiger partial charge on any atom is -0.497 e. The molecule has 1 aromatic carbocycles. The van der Waals surface area contributed by atoms with Crippen LogP contribution in [0.3, 0.4) is 0 Å². The van der Waals surface area contributed by atoms with E-state index in [0.29, 0.717) is 24.6 Å². The molecule has 2 aromatic rings. The van der Waals surface area contributed by atoms with E-state index in [1.54, 1.807) is 28.1 Å². The number of rotatable bonds is 6. The number of aryl methyl sites for hydroxylation is 2. The van der Waals surface area contributed by atoms with Gasteiger partial charge in [0.1, 0.15) is 11.5 Å². The average molecular weight is 304 g/mol. The molecule has 1 N–H and O–H groups in total. The summed E-state index contributed by atoms with van der Waals surface area (Å²) in [4.78, 5) is 16.1. The van der Waals surface area contributed by atoms with Crippen molar-refractivity contribution in [2.24, 2.45) is 0 Å². The monoisotopic (exact) mass is 304 g/mol. The maximum atomic E-state index is 12.0. The first-order valence-electron chi connectivity index (χ1n) is 6.98. The van der Waals surface area contributed by atoms with Crippen LogP contribution >= 0.6 is 0 Å². The molecule has 0 aliphatic heterocycles. The van der Waals surface area contributed by atoms with E-state index in [9.17, 15) is 4.79 Å². The zero-order valence-corrected chi connectivity index (χ0v) is 13.2. The number of aromatic nitrogens is 1. The number of hydrogen-bond acceptors (Lipinski definition) is 5. The Hall–Kier alpha value is -2.50. The summed E-state index contributed by atoms with van der Waals surface area (Å²) in [5, 5.41) is 2.82. The lowest BCUT2D eigenvalue weighted by molar-refractivity contribution is 0.0924. The molecule has 6 nitrogen and oxygen atoms in total. The van der Waals surface area contributed by atoms with Crippen molar-refractivity contribution in [3.8, 4) is 11.5 Å². The van der Waals surface area contributed by atoms with Crippen molar-refractivity contribution in [1.29, 1.82) is 0 Å². The number of methoxy groups -OCH3 is 2. The molecule has 1 amide bonds. The van der Waals surface area contributed by atoms with Gasteiger partial charge in [-0.2, -0.15) is 0 Å². The van der Waals surface area contributed by atoms with Crippen LogP contribution in [0.25, 0.3) is 0 Å². The summed E-state index contributed by atoms with van der Waals surface area (Å²) in [7, 11) is 3.23. The van der Waals surface area contributed by atoms with E-state index in [1.807, 2.05) is 18.2 Å². The highest BCUT2D eigenvalue weighted by atomic mass is 16.5. The number of benzene rings is 1. The molecule has 0 aliphatic carbocycles. The van der Waals surface area contributed by atoms with Gasteiger partial charge in [-0.3, -0.25) is 4.79 Å². The van der Waals surface area contributed by atoms with Crippen LogP contribution in [0.4, 0.5) is 0 Å². The maximum absolute atomic E-state index is 12.0. The normalized spacial score (nSPS) is 10.4. The van der Waals surface area contributed by atoms with Crippen LogP contribution in [-0.2, 0) is 6.42 Å². The summed E-state index contributed by atoms with van der Waals surface area (Å²) in [5.74, 6) is 2.00. The van der Waals surface area contributed by atoms with Gasteiger partial charge in [-0.1, -0.05) is 0 Å². The van der Waals surface area contributed by atoms with Gasteiger partial charge in [0.2, 0.25) is 5.76 Å². The minimum absolute atomic E-state index is 0.259. The summed E-state index contributed by atoms with van der Waals surface area (Å²) in [5.41, 5.74) is 1.56. The Morgan fingerprint density at radius 1 is 1.27 bits per heavy atom. The molecule has 0 radical (unpaired) electrons. The van der Waals surface area contributed by atoms with E-state index in [0.717, 1.165) is 17.1 Å². The molecular formula is C16H20N2O4. The summed E-state index contributed by atoms with van der Waals surface area (Å²) in [6.45, 7) is 3.92. The number of hydrogen-bond donors (Lipinski definition) is 1. The molecule has 118 valence electrons. The van der Waals surface area contributed by atoms with Crippen LogP contribution in [0.5, 0.6) is 11.5 Å². The second kappa shape index (κ2) is 6.98. The summed E-state index contributed by atoms with van der Waals surface area (Å²) in [6, 6.07) is 5.58. The Labute approximate surface area is 129 Å². The molecule has 0 unspecified atom stereocenters. The van der Waals surface area contributed by atoms with Crippen LogP contribution in [0, 0.1) is 13.8 Å². The molecule has 0 saturated carbocycles. The van der Waals surface area contributed by atoms with Crippen molar-refractivity contribution in [2.45, 2.75) is 20.3 Å². The van der Waals surface area contributed by atoms with Gasteiger partial charge in [-0.15, -0.1) is 0 Å². The van der Waals surface area contributed by atoms with Crippen molar-refractivity contribution < 1.29 is 18.7 Å². The fourth-order valence-electron chi connectivity index (χ4n) is 2.21. The topological polar surface area (TPSA) is 73.6 Å². The second-order valence-electron chi connectivity index (χ2n) is 4.83. The maximum Gasteiger partial charge on any atom is 0.289 e. The number of ether oxygens (including phenoxy) is 2. The lowest BCUT2D eigenvalue weighted by Gasteiger charge is -2.10. The summed E-state index contributed by atoms with van der Waals surface area (Å²) in [6.07, 6.45) is 0.623. The lowest BCUT2D eigenvalue weighted by atomic mass is 10.1. The second-order valence-corrected chi connectivity index (χ2v) is 4.83. The first-order chi connectivity index (χ1) is 10.5. The van der Waals surface area contributed by atoms with Gasteiger partial charge in [-0.05, 0) is 37.1 Å². The summed E-state index contributed by atoms with van der Waals surface area (Å²) >= 11 is 0. The minimum atomic E-state index is -0.264. The molecule has 1 heterocycles. The number of nitrogens with zero attached hydrogens (tertiary/aromatic N) is 1. The van der Waals surface area contributed by atoms with Crippen molar-refractivity contribution in [3.05, 3.63) is 41.1 Å². The number of carbonyl (C=O) groups is 1. The fraction of sp³-hybridized carbons (Fsp3) is 0.375. The Balaban J connectivity index is 1.99. The highest BCUT2D eigenvalue weighted by Crippen LogP contribution is 2.24. The number of nitrogens with one attached hydrogen (secondary N) is 1. The van der Waals surface area contributed by atoms with Gasteiger partial charge in [0.25, 0.3) is 5.91 Å². The van der Waals surface area contributed by atoms with E-state index < -0.39 is 0 Å². The van der Waals surface area contributed by atoms with Crippen molar-refractivity contribution in [1.82, 2.24) is 10.3 Å². The molecule has 1 aromatic heterocycles. The Kier molecular flexibility index (Phi) is 5.04. The first-order valence-corrected chi connectivity index (χ1v) is 6.98. The highest BCUT2D eigenvalue weighted by molar-refractivity contribution is 5.92. The number of oxazole rings is 1. The molecule has 0 aliphatic rings. The van der Waals surface area contributed by atoms with Crippen molar-refractivity contribution in [3.63, 3.8) is 0 Å². The molecule has 0 saturated heterocycles. The predicted octanol–water partition coefficient (Wildman–Crippen LogP) is 2.28. The third-order valence-corrected chi connectivity index (χ3v) is 3.28. The quantitative estimate of drug-likeness (QED) is 0.886. The summed E-state index contributed by atoms with van der Waals surface area (Å²) < 4.78 is 15.8. The van der Waals surface area contributed by atoms with Crippen LogP contribution in [0.2, 0.25) is 0 Å². The van der Waals surface area contributed by atoms with E-state index in [2.05, 4.69) is 10.3 Å². The largest absolute Gasteiger partial charge is 0.497 e. The zero-order chi connectivity index (χ0) is 16.1. The van der Waals surface area contributed by atoms with Gasteiger partial charge in [0.15, 0.2) is 5.89 Å². The first kappa shape index (κ1) is 15.9. The highest BCUT2D eigenvalue weighted by Gasteiger charge is 2.15. The predicted molar refractivity (Wildman–Crippen MR) is 81.6 cm³/mol. The Bertz CT molecular complexity index is 664. The Morgan fingerprint density at radius 3 is 2.64 bits per heavy atom. The van der Waals surface area contributed by atoms with Crippen molar-refractivity contribution >= 4 is 5.91 Å². The van der Waals surface area contributed by atoms with Gasteiger partial charge >= 0.3 is 0 Å². The van der Waals surface area contributed by atoms with E-state index in [1.165, 1.54) is 0 Å². The standard InChI is InChI=1S/C16H20N2O4/c1-10-15(22-11(2)18-10)16(19)17-8-7-12-9-13(20-3)5-6-14(12)21-4/h5-6,9H,7-8H2,1-4H3,(H,17,19). The third kappa shape index (κ3) is 3.58. The molecule has 0 fully saturated rings. The Morgan fingerprint density at radius 2 is 2.05 bits per heavy atom. The molecular weight excluding hydrogens is 284 g/mol. The number of amides is 1. The van der Waals surface area contributed by atoms with Gasteiger partial charge < -0.3 is 19.2 Å². The van der Waals surface area contributed by atoms with E-state index in [-0.39, 0.29) is 11.7 Å². The molecule has 0 spiro atoms. The van der Waals surface area contributed by atoms with E-state index >= 15 is 0 Å². The smallest absolute Gasteiger partial charge is 0.289 e. The molecule has 0 bridgehead atoms. The van der Waals surface area contributed by atoms with Crippen LogP contribution in [-0.4, -0.2) is 31.7 Å². The van der Waals surface area contributed by atoms with Crippen molar-refractivity contribution in [2.75, 3.05) is 20.8 Å². The fourth-order valence-corrected chi connectivity index (χ4v) is 2.21. The van der Waals surface area contributed by atoms with E-state index in [4.69, 9.17) is 13.9 Å². The molecule has 6 heteroatoms. The van der Waals surface area contributed by atoms with Crippen LogP contribution in [0.1, 0.15) is 27.7 Å². The van der Waals surface area contributed by atoms with Gasteiger partial charge in [0, 0.05) is 13.5 Å². The zero-order valence-electron chi connectivity index (χ0n) is 13.2. The average Bonchev–Trinajstić information content (AvgIpc) is 2.85. The van der Waals surface area contributed by atoms with Gasteiger partial charge in [0.05, 0.1) is 19.9 Å². The molecule has 0 atom stereocenters. The van der Waals surface area contributed by atoms with Gasteiger partial charge in [-0.25, -0.2) is 4.98 Å². The van der Waals surface area contributed by atoms with Crippen LogP contribution in [0.15, 0.2) is 22.6 Å². The van der Waals surface area contributed by atoms with Crippen LogP contribution < -0.4 is 14.8 Å². The lowest BCUT2D eigenvalue weighted by Crippen LogP contribution is -2.26. The molecule has 22 heavy (non-hydrogen) atoms. The third-order valence-electron chi connectivity index (χ3n) is 3.28. The number of carbonyl (C=O) groups excluding carboxylic acids is 1.